The van der Waals surface area contributed by atoms with E-state index in [2.05, 4.69) is 20.6 Å². The number of nitrogens with zero attached hydrogens (tertiary/aromatic N) is 2. The lowest BCUT2D eigenvalue weighted by Gasteiger charge is -2.22. The Kier molecular flexibility index (Phi) is 4.79. The van der Waals surface area contributed by atoms with E-state index >= 15 is 0 Å². The van der Waals surface area contributed by atoms with Gasteiger partial charge in [0.25, 0.3) is 5.91 Å². The van der Waals surface area contributed by atoms with Gasteiger partial charge < -0.3 is 10.6 Å². The number of aromatic nitrogens is 2. The van der Waals surface area contributed by atoms with Crippen molar-refractivity contribution in [1.29, 1.82) is 0 Å². The first kappa shape index (κ1) is 16.2. The van der Waals surface area contributed by atoms with Crippen molar-refractivity contribution in [3.8, 4) is 0 Å². The van der Waals surface area contributed by atoms with E-state index in [0.29, 0.717) is 17.9 Å². The Morgan fingerprint density at radius 2 is 1.74 bits per heavy atom. The molecule has 2 heterocycles. The van der Waals surface area contributed by atoms with E-state index in [4.69, 9.17) is 0 Å². The van der Waals surface area contributed by atoms with Crippen LogP contribution in [0.1, 0.15) is 48.9 Å². The predicted molar refractivity (Wildman–Crippen MR) is 87.1 cm³/mol. The van der Waals surface area contributed by atoms with Gasteiger partial charge in [-0.15, -0.1) is 0 Å². The molecule has 2 N–H and O–H groups in total. The first-order valence-electron chi connectivity index (χ1n) is 8.12. The highest BCUT2D eigenvalue weighted by atomic mass is 32.2. The minimum Gasteiger partial charge on any atom is -0.350 e. The fraction of sp³-hybridized carbons (Fsp3) is 0.667. The molecule has 1 saturated heterocycles. The smallest absolute Gasteiger partial charge is 0.254 e. The Labute approximate surface area is 136 Å². The van der Waals surface area contributed by atoms with Crippen LogP contribution in [0.5, 0.6) is 0 Å². The Balaban J connectivity index is 1.55. The minimum atomic E-state index is -2.94. The number of hydrogen-bond donors (Lipinski definition) is 2. The highest BCUT2D eigenvalue weighted by Crippen LogP contribution is 2.18. The summed E-state index contributed by atoms with van der Waals surface area (Å²) in [6, 6.07) is 0.0969. The number of rotatable bonds is 4. The molecule has 0 radical (unpaired) electrons. The van der Waals surface area contributed by atoms with Crippen LogP contribution in [0.3, 0.4) is 0 Å². The van der Waals surface area contributed by atoms with Gasteiger partial charge in [0.2, 0.25) is 5.95 Å². The molecule has 2 fully saturated rings. The molecule has 1 unspecified atom stereocenters. The molecule has 1 aliphatic heterocycles. The summed E-state index contributed by atoms with van der Waals surface area (Å²) in [5.41, 5.74) is 0.431. The van der Waals surface area contributed by atoms with E-state index < -0.39 is 9.84 Å². The molecule has 1 saturated carbocycles. The molecule has 2 aliphatic rings. The second-order valence-electron chi connectivity index (χ2n) is 6.35. The largest absolute Gasteiger partial charge is 0.350 e. The topological polar surface area (TPSA) is 101 Å². The van der Waals surface area contributed by atoms with Gasteiger partial charge in [0.15, 0.2) is 9.84 Å². The lowest BCUT2D eigenvalue weighted by Crippen LogP contribution is -2.36. The Hall–Kier alpha value is -1.70. The normalized spacial score (nSPS) is 24.3. The molecule has 1 amide bonds. The van der Waals surface area contributed by atoms with Crippen LogP contribution in [0.15, 0.2) is 12.4 Å². The zero-order valence-corrected chi connectivity index (χ0v) is 13.8. The number of anilines is 1. The maximum absolute atomic E-state index is 12.2. The molecule has 0 bridgehead atoms. The summed E-state index contributed by atoms with van der Waals surface area (Å²) in [4.78, 5) is 20.4. The van der Waals surface area contributed by atoms with Crippen molar-refractivity contribution in [2.45, 2.75) is 50.6 Å². The number of sulfone groups is 1. The van der Waals surface area contributed by atoms with Crippen LogP contribution < -0.4 is 10.6 Å². The second-order valence-corrected chi connectivity index (χ2v) is 8.58. The molecule has 1 atom stereocenters. The van der Waals surface area contributed by atoms with Gasteiger partial charge in [0.05, 0.1) is 17.1 Å². The molecule has 3 rings (SSSR count). The van der Waals surface area contributed by atoms with Gasteiger partial charge in [-0.3, -0.25) is 4.79 Å². The first-order valence-corrected chi connectivity index (χ1v) is 9.94. The van der Waals surface area contributed by atoms with Gasteiger partial charge in [-0.2, -0.15) is 0 Å². The van der Waals surface area contributed by atoms with E-state index in [9.17, 15) is 13.2 Å². The average Bonchev–Trinajstić information content (AvgIpc) is 2.88. The van der Waals surface area contributed by atoms with E-state index in [1.807, 2.05) is 0 Å². The Morgan fingerprint density at radius 3 is 2.35 bits per heavy atom. The molecule has 8 heteroatoms. The quantitative estimate of drug-likeness (QED) is 0.854. The fourth-order valence-electron chi connectivity index (χ4n) is 3.13. The van der Waals surface area contributed by atoms with Crippen molar-refractivity contribution in [3.63, 3.8) is 0 Å². The Morgan fingerprint density at radius 1 is 1.04 bits per heavy atom. The van der Waals surface area contributed by atoms with Crippen LogP contribution in [0.4, 0.5) is 5.95 Å². The predicted octanol–water partition coefficient (Wildman–Crippen LogP) is 1.14. The third-order valence-corrected chi connectivity index (χ3v) is 6.19. The van der Waals surface area contributed by atoms with Gasteiger partial charge >= 0.3 is 0 Å². The lowest BCUT2D eigenvalue weighted by atomic mass is 9.95. The highest BCUT2D eigenvalue weighted by molar-refractivity contribution is 7.91. The maximum Gasteiger partial charge on any atom is 0.254 e. The van der Waals surface area contributed by atoms with Crippen molar-refractivity contribution in [2.24, 2.45) is 0 Å². The lowest BCUT2D eigenvalue weighted by molar-refractivity contribution is 0.0927. The minimum absolute atomic E-state index is 0.111. The number of carbonyl (C=O) groups excluding carboxylic acids is 1. The SMILES string of the molecule is O=C(NC1CCCCC1)c1cnc(NC2CCS(=O)(=O)C2)nc1. The van der Waals surface area contributed by atoms with E-state index in [0.717, 1.165) is 25.7 Å². The van der Waals surface area contributed by atoms with Crippen molar-refractivity contribution < 1.29 is 13.2 Å². The monoisotopic (exact) mass is 338 g/mol. The summed E-state index contributed by atoms with van der Waals surface area (Å²) >= 11 is 0. The summed E-state index contributed by atoms with van der Waals surface area (Å²) < 4.78 is 22.9. The number of hydrogen-bond acceptors (Lipinski definition) is 6. The summed E-state index contributed by atoms with van der Waals surface area (Å²) in [6.45, 7) is 0. The molecule has 126 valence electrons. The van der Waals surface area contributed by atoms with Gasteiger partial charge in [-0.05, 0) is 19.3 Å². The van der Waals surface area contributed by atoms with Crippen molar-refractivity contribution in [1.82, 2.24) is 15.3 Å². The van der Waals surface area contributed by atoms with E-state index in [1.54, 1.807) is 0 Å². The number of nitrogens with one attached hydrogen (secondary N) is 2. The van der Waals surface area contributed by atoms with Crippen molar-refractivity contribution in [2.75, 3.05) is 16.8 Å². The third-order valence-electron chi connectivity index (χ3n) is 4.42. The number of carbonyl (C=O) groups is 1. The molecule has 0 spiro atoms. The fourth-order valence-corrected chi connectivity index (χ4v) is 4.80. The molecular formula is C15H22N4O3S. The Bertz CT molecular complexity index is 654. The molecular weight excluding hydrogens is 316 g/mol. The number of amides is 1. The molecule has 1 aliphatic carbocycles. The van der Waals surface area contributed by atoms with Gasteiger partial charge in [-0.25, -0.2) is 18.4 Å². The van der Waals surface area contributed by atoms with Gasteiger partial charge in [-0.1, -0.05) is 19.3 Å². The third kappa shape index (κ3) is 4.40. The highest BCUT2D eigenvalue weighted by Gasteiger charge is 2.28. The first-order chi connectivity index (χ1) is 11.0. The maximum atomic E-state index is 12.2. The zero-order valence-electron chi connectivity index (χ0n) is 13.0. The standard InChI is InChI=1S/C15H22N4O3S/c20-14(18-12-4-2-1-3-5-12)11-8-16-15(17-9-11)19-13-6-7-23(21,22)10-13/h8-9,12-13H,1-7,10H2,(H,18,20)(H,16,17,19). The van der Waals surface area contributed by atoms with Crippen LogP contribution in [-0.2, 0) is 9.84 Å². The van der Waals surface area contributed by atoms with E-state index in [1.165, 1.54) is 18.8 Å². The summed E-state index contributed by atoms with van der Waals surface area (Å²) in [7, 11) is -2.94. The molecule has 7 nitrogen and oxygen atoms in total. The van der Waals surface area contributed by atoms with Crippen LogP contribution in [0, 0.1) is 0 Å². The van der Waals surface area contributed by atoms with Crippen LogP contribution in [-0.4, -0.2) is 47.9 Å². The summed E-state index contributed by atoms with van der Waals surface area (Å²) in [5.74, 6) is 0.528. The zero-order chi connectivity index (χ0) is 16.3. The summed E-state index contributed by atoms with van der Waals surface area (Å²) in [5, 5.41) is 6.03. The molecule has 1 aromatic heterocycles. The van der Waals surface area contributed by atoms with Crippen LogP contribution in [0.25, 0.3) is 0 Å². The molecule has 1 aromatic rings. The van der Waals surface area contributed by atoms with Crippen LogP contribution >= 0.6 is 0 Å². The van der Waals surface area contributed by atoms with Crippen molar-refractivity contribution in [3.05, 3.63) is 18.0 Å². The second kappa shape index (κ2) is 6.82. The average molecular weight is 338 g/mol. The van der Waals surface area contributed by atoms with Crippen molar-refractivity contribution >= 4 is 21.7 Å². The van der Waals surface area contributed by atoms with Gasteiger partial charge in [0, 0.05) is 24.5 Å². The van der Waals surface area contributed by atoms with Gasteiger partial charge in [0.1, 0.15) is 0 Å². The van der Waals surface area contributed by atoms with E-state index in [-0.39, 0.29) is 29.5 Å². The van der Waals surface area contributed by atoms with Crippen LogP contribution in [0.2, 0.25) is 0 Å². The summed E-state index contributed by atoms with van der Waals surface area (Å²) in [6.07, 6.45) is 9.16. The molecule has 23 heavy (non-hydrogen) atoms. The molecule has 0 aromatic carbocycles.